The van der Waals surface area contributed by atoms with E-state index in [1.165, 1.54) is 23.1 Å². The average molecular weight is 358 g/mol. The molecular formula is C12H14N4O3S3. The minimum Gasteiger partial charge on any atom is -0.374 e. The Morgan fingerprint density at radius 3 is 2.45 bits per heavy atom. The van der Waals surface area contributed by atoms with Gasteiger partial charge in [0.1, 0.15) is 0 Å². The molecule has 0 radical (unpaired) electrons. The Kier molecular flexibility index (Phi) is 5.04. The highest BCUT2D eigenvalue weighted by Gasteiger charge is 2.18. The summed E-state index contributed by atoms with van der Waals surface area (Å²) in [6.45, 7) is 1.77. The van der Waals surface area contributed by atoms with E-state index >= 15 is 0 Å². The highest BCUT2D eigenvalue weighted by Crippen LogP contribution is 2.29. The largest absolute Gasteiger partial charge is 0.374 e. The summed E-state index contributed by atoms with van der Waals surface area (Å²) in [6, 6.07) is 6.27. The lowest BCUT2D eigenvalue weighted by molar-refractivity contribution is 0.0994. The second-order valence-corrected chi connectivity index (χ2v) is 8.83. The molecule has 0 aliphatic carbocycles. The molecular weight excluding hydrogens is 344 g/mol. The van der Waals surface area contributed by atoms with Crippen molar-refractivity contribution in [3.8, 4) is 0 Å². The average Bonchev–Trinajstić information content (AvgIpc) is 2.82. The van der Waals surface area contributed by atoms with Crippen LogP contribution in [-0.4, -0.2) is 35.9 Å². The van der Waals surface area contributed by atoms with Crippen LogP contribution in [0.1, 0.15) is 17.3 Å². The van der Waals surface area contributed by atoms with Crippen LogP contribution in [0.4, 0.5) is 10.8 Å². The van der Waals surface area contributed by atoms with E-state index in [9.17, 15) is 13.2 Å². The third kappa shape index (κ3) is 4.68. The SMILES string of the molecule is C[C@H](Sc1nnc(N)s1)C(=O)c1ccc(NS(C)(=O)=O)cc1. The van der Waals surface area contributed by atoms with Crippen molar-refractivity contribution in [2.75, 3.05) is 16.7 Å². The van der Waals surface area contributed by atoms with Gasteiger partial charge in [0.25, 0.3) is 0 Å². The molecule has 10 heteroatoms. The van der Waals surface area contributed by atoms with Crippen LogP contribution >= 0.6 is 23.1 Å². The van der Waals surface area contributed by atoms with E-state index in [0.29, 0.717) is 20.7 Å². The summed E-state index contributed by atoms with van der Waals surface area (Å²) in [5.41, 5.74) is 6.41. The number of hydrogen-bond acceptors (Lipinski definition) is 8. The van der Waals surface area contributed by atoms with Gasteiger partial charge in [0.15, 0.2) is 10.1 Å². The topological polar surface area (TPSA) is 115 Å². The normalized spacial score (nSPS) is 12.8. The molecule has 1 heterocycles. The first-order valence-electron chi connectivity index (χ1n) is 6.12. The molecule has 118 valence electrons. The van der Waals surface area contributed by atoms with Crippen LogP contribution in [0, 0.1) is 0 Å². The Labute approximate surface area is 136 Å². The van der Waals surface area contributed by atoms with Crippen molar-refractivity contribution in [1.29, 1.82) is 0 Å². The zero-order chi connectivity index (χ0) is 16.3. The Balaban J connectivity index is 2.05. The molecule has 1 atom stereocenters. The fourth-order valence-corrected chi connectivity index (χ4v) is 4.05. The molecule has 0 amide bonds. The molecule has 0 saturated carbocycles. The number of aromatic nitrogens is 2. The lowest BCUT2D eigenvalue weighted by Crippen LogP contribution is -2.14. The smallest absolute Gasteiger partial charge is 0.229 e. The summed E-state index contributed by atoms with van der Waals surface area (Å²) in [7, 11) is -3.33. The molecule has 2 aromatic rings. The summed E-state index contributed by atoms with van der Waals surface area (Å²) < 4.78 is 25.2. The Morgan fingerprint density at radius 2 is 1.95 bits per heavy atom. The van der Waals surface area contributed by atoms with Crippen LogP contribution in [0.5, 0.6) is 0 Å². The van der Waals surface area contributed by atoms with Gasteiger partial charge in [0.05, 0.1) is 11.5 Å². The van der Waals surface area contributed by atoms with E-state index in [4.69, 9.17) is 5.73 Å². The number of anilines is 2. The van der Waals surface area contributed by atoms with E-state index in [2.05, 4.69) is 14.9 Å². The van der Waals surface area contributed by atoms with E-state index in [1.54, 1.807) is 31.2 Å². The summed E-state index contributed by atoms with van der Waals surface area (Å²) >= 11 is 2.51. The van der Waals surface area contributed by atoms with Gasteiger partial charge >= 0.3 is 0 Å². The highest BCUT2D eigenvalue weighted by molar-refractivity contribution is 8.02. The third-order valence-electron chi connectivity index (χ3n) is 2.54. The monoisotopic (exact) mass is 358 g/mol. The van der Waals surface area contributed by atoms with Crippen LogP contribution in [-0.2, 0) is 10.0 Å². The van der Waals surface area contributed by atoms with Crippen LogP contribution < -0.4 is 10.5 Å². The van der Waals surface area contributed by atoms with Gasteiger partial charge in [-0.2, -0.15) is 0 Å². The first-order chi connectivity index (χ1) is 10.2. The van der Waals surface area contributed by atoms with Crippen LogP contribution in [0.15, 0.2) is 28.6 Å². The fourth-order valence-electron chi connectivity index (χ4n) is 1.62. The minimum absolute atomic E-state index is 0.0790. The molecule has 2 rings (SSSR count). The van der Waals surface area contributed by atoms with Gasteiger partial charge in [-0.05, 0) is 31.2 Å². The molecule has 7 nitrogen and oxygen atoms in total. The summed E-state index contributed by atoms with van der Waals surface area (Å²) in [6.07, 6.45) is 1.07. The van der Waals surface area contributed by atoms with Crippen molar-refractivity contribution in [3.05, 3.63) is 29.8 Å². The van der Waals surface area contributed by atoms with Gasteiger partial charge in [-0.3, -0.25) is 9.52 Å². The number of thioether (sulfide) groups is 1. The number of nitrogen functional groups attached to an aromatic ring is 1. The number of nitrogens with one attached hydrogen (secondary N) is 1. The molecule has 0 unspecified atom stereocenters. The van der Waals surface area contributed by atoms with Crippen molar-refractivity contribution in [1.82, 2.24) is 10.2 Å². The molecule has 0 fully saturated rings. The molecule has 0 aliphatic heterocycles. The molecule has 0 saturated heterocycles. The van der Waals surface area contributed by atoms with E-state index in [1.807, 2.05) is 0 Å². The number of nitrogens with zero attached hydrogens (tertiary/aromatic N) is 2. The standard InChI is InChI=1S/C12H14N4O3S3/c1-7(20-12-15-14-11(13)21-12)10(17)8-3-5-9(6-4-8)16-22(2,18)19/h3-7,16H,1-2H3,(H2,13,14)/t7-/m0/s1. The van der Waals surface area contributed by atoms with E-state index in [-0.39, 0.29) is 11.0 Å². The van der Waals surface area contributed by atoms with Crippen molar-refractivity contribution >= 4 is 49.7 Å². The fraction of sp³-hybridized carbons (Fsp3) is 0.250. The van der Waals surface area contributed by atoms with E-state index in [0.717, 1.165) is 6.26 Å². The first kappa shape index (κ1) is 16.7. The molecule has 0 aliphatic rings. The number of ketones is 1. The predicted molar refractivity (Wildman–Crippen MR) is 88.9 cm³/mol. The van der Waals surface area contributed by atoms with Crippen LogP contribution in [0.3, 0.4) is 0 Å². The second-order valence-electron chi connectivity index (χ2n) is 4.48. The third-order valence-corrected chi connectivity index (χ3v) is 5.08. The van der Waals surface area contributed by atoms with Crippen molar-refractivity contribution in [2.45, 2.75) is 16.5 Å². The van der Waals surface area contributed by atoms with Crippen LogP contribution in [0.2, 0.25) is 0 Å². The zero-order valence-electron chi connectivity index (χ0n) is 11.8. The maximum Gasteiger partial charge on any atom is 0.229 e. The minimum atomic E-state index is -3.33. The number of nitrogens with two attached hydrogens (primary N) is 1. The molecule has 1 aromatic heterocycles. The highest BCUT2D eigenvalue weighted by atomic mass is 32.2. The van der Waals surface area contributed by atoms with E-state index < -0.39 is 10.0 Å². The quantitative estimate of drug-likeness (QED) is 0.598. The van der Waals surface area contributed by atoms with Gasteiger partial charge in [-0.15, -0.1) is 10.2 Å². The maximum atomic E-state index is 12.3. The Bertz CT molecular complexity index is 771. The van der Waals surface area contributed by atoms with Crippen molar-refractivity contribution in [3.63, 3.8) is 0 Å². The van der Waals surface area contributed by atoms with Gasteiger partial charge < -0.3 is 5.73 Å². The summed E-state index contributed by atoms with van der Waals surface area (Å²) in [4.78, 5) is 12.3. The summed E-state index contributed by atoms with van der Waals surface area (Å²) in [5.74, 6) is -0.0790. The van der Waals surface area contributed by atoms with Gasteiger partial charge in [0.2, 0.25) is 15.2 Å². The second kappa shape index (κ2) is 6.63. The van der Waals surface area contributed by atoms with Crippen LogP contribution in [0.25, 0.3) is 0 Å². The Hall–Kier alpha value is -1.65. The number of carbonyl (C=O) groups excluding carboxylic acids is 1. The van der Waals surface area contributed by atoms with Crippen molar-refractivity contribution in [2.24, 2.45) is 0 Å². The zero-order valence-corrected chi connectivity index (χ0v) is 14.3. The molecule has 0 spiro atoms. The number of sulfonamides is 1. The molecule has 3 N–H and O–H groups in total. The first-order valence-corrected chi connectivity index (χ1v) is 9.71. The van der Waals surface area contributed by atoms with Gasteiger partial charge in [0, 0.05) is 11.3 Å². The number of rotatable bonds is 6. The predicted octanol–water partition coefficient (Wildman–Crippen LogP) is 1.86. The number of Topliss-reactive ketones (excluding diaryl/α,β-unsaturated/α-hetero) is 1. The number of benzene rings is 1. The van der Waals surface area contributed by atoms with Gasteiger partial charge in [-0.25, -0.2) is 8.42 Å². The summed E-state index contributed by atoms with van der Waals surface area (Å²) in [5, 5.41) is 7.57. The molecule has 0 bridgehead atoms. The lowest BCUT2D eigenvalue weighted by Gasteiger charge is -2.09. The molecule has 22 heavy (non-hydrogen) atoms. The number of carbonyl (C=O) groups is 1. The lowest BCUT2D eigenvalue weighted by atomic mass is 10.1. The van der Waals surface area contributed by atoms with Crippen molar-refractivity contribution < 1.29 is 13.2 Å². The Morgan fingerprint density at radius 1 is 1.32 bits per heavy atom. The number of hydrogen-bond donors (Lipinski definition) is 2. The maximum absolute atomic E-state index is 12.3. The molecule has 1 aromatic carbocycles. The van der Waals surface area contributed by atoms with Gasteiger partial charge in [-0.1, -0.05) is 23.1 Å².